The maximum absolute atomic E-state index is 12.2. The first-order valence-electron chi connectivity index (χ1n) is 5.89. The standard InChI is InChI=1S/C15H14N2OS/c16-14(19)10-11-6-4-5-9-13(11)15(18)17-12-7-2-1-3-8-12/h1-9H,10H2,(H2,16,19)(H,17,18). The first kappa shape index (κ1) is 13.2. The van der Waals surface area contributed by atoms with E-state index < -0.39 is 0 Å². The van der Waals surface area contributed by atoms with Crippen LogP contribution in [0.5, 0.6) is 0 Å². The molecule has 0 bridgehead atoms. The average molecular weight is 270 g/mol. The SMILES string of the molecule is NC(=S)Cc1ccccc1C(=O)Nc1ccccc1. The first-order valence-corrected chi connectivity index (χ1v) is 6.30. The van der Waals surface area contributed by atoms with Gasteiger partial charge in [0.05, 0.1) is 4.99 Å². The quantitative estimate of drug-likeness (QED) is 0.840. The van der Waals surface area contributed by atoms with Gasteiger partial charge in [-0.15, -0.1) is 0 Å². The Morgan fingerprint density at radius 2 is 1.68 bits per heavy atom. The van der Waals surface area contributed by atoms with Gasteiger partial charge in [-0.3, -0.25) is 4.79 Å². The second kappa shape index (κ2) is 6.11. The molecule has 0 atom stereocenters. The molecule has 2 aromatic carbocycles. The van der Waals surface area contributed by atoms with E-state index in [9.17, 15) is 4.79 Å². The van der Waals surface area contributed by atoms with Gasteiger partial charge >= 0.3 is 0 Å². The van der Waals surface area contributed by atoms with E-state index in [-0.39, 0.29) is 5.91 Å². The lowest BCUT2D eigenvalue weighted by atomic mass is 10.0. The smallest absolute Gasteiger partial charge is 0.255 e. The summed E-state index contributed by atoms with van der Waals surface area (Å²) in [5, 5.41) is 2.85. The van der Waals surface area contributed by atoms with E-state index in [1.807, 2.05) is 48.5 Å². The summed E-state index contributed by atoms with van der Waals surface area (Å²) in [6, 6.07) is 16.6. The third kappa shape index (κ3) is 3.63. The van der Waals surface area contributed by atoms with Gasteiger partial charge in [-0.25, -0.2) is 0 Å². The van der Waals surface area contributed by atoms with Crippen molar-refractivity contribution in [1.29, 1.82) is 0 Å². The number of carbonyl (C=O) groups is 1. The maximum atomic E-state index is 12.2. The number of amides is 1. The minimum atomic E-state index is -0.155. The molecule has 0 saturated heterocycles. The zero-order valence-corrected chi connectivity index (χ0v) is 11.1. The Labute approximate surface area is 117 Å². The molecule has 0 aromatic heterocycles. The fourth-order valence-corrected chi connectivity index (χ4v) is 1.96. The number of nitrogens with two attached hydrogens (primary N) is 1. The average Bonchev–Trinajstić information content (AvgIpc) is 2.39. The molecule has 0 fully saturated rings. The number of thiocarbonyl (C=S) groups is 1. The van der Waals surface area contributed by atoms with Crippen LogP contribution in [0.4, 0.5) is 5.69 Å². The largest absolute Gasteiger partial charge is 0.393 e. The topological polar surface area (TPSA) is 55.1 Å². The fourth-order valence-electron chi connectivity index (χ4n) is 1.80. The summed E-state index contributed by atoms with van der Waals surface area (Å²) in [5.41, 5.74) is 7.74. The van der Waals surface area contributed by atoms with Crippen LogP contribution in [0, 0.1) is 0 Å². The predicted molar refractivity (Wildman–Crippen MR) is 81.3 cm³/mol. The Hall–Kier alpha value is -2.20. The van der Waals surface area contributed by atoms with E-state index in [1.54, 1.807) is 6.07 Å². The maximum Gasteiger partial charge on any atom is 0.255 e. The molecule has 0 unspecified atom stereocenters. The van der Waals surface area contributed by atoms with Gasteiger partial charge < -0.3 is 11.1 Å². The van der Waals surface area contributed by atoms with Gasteiger partial charge in [0.2, 0.25) is 0 Å². The van der Waals surface area contributed by atoms with E-state index in [1.165, 1.54) is 0 Å². The molecule has 4 heteroatoms. The molecule has 3 nitrogen and oxygen atoms in total. The van der Waals surface area contributed by atoms with Crippen LogP contribution in [0.25, 0.3) is 0 Å². The molecule has 2 rings (SSSR count). The van der Waals surface area contributed by atoms with Crippen molar-refractivity contribution in [2.24, 2.45) is 5.73 Å². The van der Waals surface area contributed by atoms with Gasteiger partial charge in [-0.2, -0.15) is 0 Å². The Balaban J connectivity index is 2.21. The Morgan fingerprint density at radius 3 is 2.37 bits per heavy atom. The van der Waals surface area contributed by atoms with Crippen LogP contribution in [0.2, 0.25) is 0 Å². The van der Waals surface area contributed by atoms with Crippen molar-refractivity contribution in [2.75, 3.05) is 5.32 Å². The zero-order chi connectivity index (χ0) is 13.7. The van der Waals surface area contributed by atoms with E-state index in [0.717, 1.165) is 11.3 Å². The minimum Gasteiger partial charge on any atom is -0.393 e. The Morgan fingerprint density at radius 1 is 1.05 bits per heavy atom. The first-order chi connectivity index (χ1) is 9.16. The van der Waals surface area contributed by atoms with Crippen molar-refractivity contribution < 1.29 is 4.79 Å². The molecule has 0 aliphatic heterocycles. The molecule has 0 saturated carbocycles. The third-order valence-electron chi connectivity index (χ3n) is 2.66. The molecular formula is C15H14N2OS. The summed E-state index contributed by atoms with van der Waals surface area (Å²) in [6.45, 7) is 0. The van der Waals surface area contributed by atoms with Crippen molar-refractivity contribution in [3.63, 3.8) is 0 Å². The Bertz CT molecular complexity index is 596. The highest BCUT2D eigenvalue weighted by Crippen LogP contribution is 2.13. The van der Waals surface area contributed by atoms with Gasteiger partial charge in [0, 0.05) is 17.7 Å². The summed E-state index contributed by atoms with van der Waals surface area (Å²) in [7, 11) is 0. The zero-order valence-electron chi connectivity index (χ0n) is 10.3. The van der Waals surface area contributed by atoms with Crippen molar-refractivity contribution in [3.05, 3.63) is 65.7 Å². The minimum absolute atomic E-state index is 0.155. The number of hydrogen-bond acceptors (Lipinski definition) is 2. The highest BCUT2D eigenvalue weighted by Gasteiger charge is 2.11. The summed E-state index contributed by atoms with van der Waals surface area (Å²) in [4.78, 5) is 12.6. The number of rotatable bonds is 4. The van der Waals surface area contributed by atoms with Crippen LogP contribution in [0.3, 0.4) is 0 Å². The molecule has 0 heterocycles. The van der Waals surface area contributed by atoms with Crippen molar-refractivity contribution >= 4 is 28.8 Å². The molecule has 1 amide bonds. The van der Waals surface area contributed by atoms with Gasteiger partial charge in [-0.1, -0.05) is 48.6 Å². The molecule has 2 aromatic rings. The molecule has 0 aliphatic carbocycles. The second-order valence-corrected chi connectivity index (χ2v) is 4.64. The second-order valence-electron chi connectivity index (χ2n) is 4.12. The van der Waals surface area contributed by atoms with E-state index >= 15 is 0 Å². The van der Waals surface area contributed by atoms with E-state index in [2.05, 4.69) is 5.32 Å². The number of hydrogen-bond donors (Lipinski definition) is 2. The fraction of sp³-hybridized carbons (Fsp3) is 0.0667. The number of benzene rings is 2. The third-order valence-corrected chi connectivity index (χ3v) is 2.80. The molecule has 3 N–H and O–H groups in total. The van der Waals surface area contributed by atoms with Crippen molar-refractivity contribution in [2.45, 2.75) is 6.42 Å². The summed E-state index contributed by atoms with van der Waals surface area (Å²) in [5.74, 6) is -0.155. The number of para-hydroxylation sites is 1. The lowest BCUT2D eigenvalue weighted by Crippen LogP contribution is -2.18. The normalized spacial score (nSPS) is 9.89. The molecule has 96 valence electrons. The van der Waals surface area contributed by atoms with E-state index in [0.29, 0.717) is 17.0 Å². The van der Waals surface area contributed by atoms with Crippen LogP contribution in [0.15, 0.2) is 54.6 Å². The van der Waals surface area contributed by atoms with Gasteiger partial charge in [0.1, 0.15) is 0 Å². The molecule has 0 radical (unpaired) electrons. The van der Waals surface area contributed by atoms with E-state index in [4.69, 9.17) is 18.0 Å². The Kier molecular flexibility index (Phi) is 4.26. The van der Waals surface area contributed by atoms with Crippen LogP contribution in [-0.4, -0.2) is 10.9 Å². The highest BCUT2D eigenvalue weighted by molar-refractivity contribution is 7.80. The molecule has 0 aliphatic rings. The summed E-state index contributed by atoms with van der Waals surface area (Å²) >= 11 is 4.90. The lowest BCUT2D eigenvalue weighted by Gasteiger charge is -2.09. The summed E-state index contributed by atoms with van der Waals surface area (Å²) < 4.78 is 0. The van der Waals surface area contributed by atoms with Gasteiger partial charge in [0.25, 0.3) is 5.91 Å². The lowest BCUT2D eigenvalue weighted by molar-refractivity contribution is 0.102. The predicted octanol–water partition coefficient (Wildman–Crippen LogP) is 2.77. The molecule has 0 spiro atoms. The number of nitrogens with one attached hydrogen (secondary N) is 1. The highest BCUT2D eigenvalue weighted by atomic mass is 32.1. The van der Waals surface area contributed by atoms with Crippen LogP contribution in [0.1, 0.15) is 15.9 Å². The van der Waals surface area contributed by atoms with Crippen molar-refractivity contribution in [1.82, 2.24) is 0 Å². The van der Waals surface area contributed by atoms with Crippen LogP contribution in [-0.2, 0) is 6.42 Å². The molecular weight excluding hydrogens is 256 g/mol. The van der Waals surface area contributed by atoms with Crippen LogP contribution < -0.4 is 11.1 Å². The van der Waals surface area contributed by atoms with Gasteiger partial charge in [-0.05, 0) is 23.8 Å². The van der Waals surface area contributed by atoms with Gasteiger partial charge in [0.15, 0.2) is 0 Å². The number of anilines is 1. The monoisotopic (exact) mass is 270 g/mol. The summed E-state index contributed by atoms with van der Waals surface area (Å²) in [6.07, 6.45) is 0.424. The number of carbonyl (C=O) groups excluding carboxylic acids is 1. The molecule has 19 heavy (non-hydrogen) atoms. The van der Waals surface area contributed by atoms with Crippen LogP contribution >= 0.6 is 12.2 Å². The van der Waals surface area contributed by atoms with Crippen molar-refractivity contribution in [3.8, 4) is 0 Å².